The lowest BCUT2D eigenvalue weighted by molar-refractivity contribution is -0.149. The first-order chi connectivity index (χ1) is 14.0. The molecule has 2 aromatic carbocycles. The molecule has 0 aliphatic rings. The van der Waals surface area contributed by atoms with E-state index in [0.717, 1.165) is 0 Å². The highest BCUT2D eigenvalue weighted by Crippen LogP contribution is 2.17. The average Bonchev–Trinajstić information content (AvgIpc) is 2.74. The maximum atomic E-state index is 12.7. The Morgan fingerprint density at radius 1 is 1.10 bits per heavy atom. The molecule has 0 aliphatic heterocycles. The molecule has 0 heterocycles. The minimum atomic E-state index is -1.03. The zero-order chi connectivity index (χ0) is 21.2. The lowest BCUT2D eigenvalue weighted by Gasteiger charge is -2.24. The van der Waals surface area contributed by atoms with Crippen molar-refractivity contribution < 1.29 is 19.1 Å². The number of nitriles is 1. The maximum Gasteiger partial charge on any atom is 0.349 e. The monoisotopic (exact) mass is 392 g/mol. The van der Waals surface area contributed by atoms with Crippen molar-refractivity contribution in [2.45, 2.75) is 26.9 Å². The van der Waals surface area contributed by atoms with Crippen LogP contribution in [0, 0.1) is 11.3 Å². The van der Waals surface area contributed by atoms with Gasteiger partial charge in [-0.15, -0.1) is 0 Å². The third-order valence-corrected chi connectivity index (χ3v) is 4.12. The first-order valence-electron chi connectivity index (χ1n) is 9.42. The van der Waals surface area contributed by atoms with E-state index < -0.39 is 12.1 Å². The summed E-state index contributed by atoms with van der Waals surface area (Å²) in [6.07, 6.45) is 0.393. The predicted octanol–water partition coefficient (Wildman–Crippen LogP) is 3.98. The molecule has 0 bridgehead atoms. The summed E-state index contributed by atoms with van der Waals surface area (Å²) in [6, 6.07) is 17.9. The number of benzene rings is 2. The largest absolute Gasteiger partial charge is 0.494 e. The van der Waals surface area contributed by atoms with E-state index in [-0.39, 0.29) is 11.5 Å². The van der Waals surface area contributed by atoms with Gasteiger partial charge in [0.25, 0.3) is 5.91 Å². The highest BCUT2D eigenvalue weighted by Gasteiger charge is 2.25. The summed E-state index contributed by atoms with van der Waals surface area (Å²) >= 11 is 0. The number of hydrogen-bond acceptors (Lipinski definition) is 5. The van der Waals surface area contributed by atoms with Crippen LogP contribution in [-0.4, -0.2) is 31.1 Å². The van der Waals surface area contributed by atoms with E-state index in [4.69, 9.17) is 9.47 Å². The van der Waals surface area contributed by atoms with Crippen LogP contribution < -0.4 is 9.64 Å². The van der Waals surface area contributed by atoms with Gasteiger partial charge in [-0.2, -0.15) is 5.26 Å². The molecule has 0 aliphatic carbocycles. The predicted molar refractivity (Wildman–Crippen MR) is 111 cm³/mol. The van der Waals surface area contributed by atoms with Gasteiger partial charge in [-0.3, -0.25) is 4.79 Å². The SMILES string of the molecule is CCOc1ccc(/C=C(\C#N)C(=O)O[C@@H](C)C(=O)N(CC)c2ccccc2)cc1. The topological polar surface area (TPSA) is 79.6 Å². The Labute approximate surface area is 171 Å². The Kier molecular flexibility index (Phi) is 7.99. The zero-order valence-electron chi connectivity index (χ0n) is 16.8. The normalized spacial score (nSPS) is 11.9. The minimum absolute atomic E-state index is 0.184. The van der Waals surface area contributed by atoms with E-state index >= 15 is 0 Å². The van der Waals surface area contributed by atoms with Gasteiger partial charge in [-0.05, 0) is 56.7 Å². The Morgan fingerprint density at radius 3 is 2.31 bits per heavy atom. The molecule has 1 atom stereocenters. The molecule has 0 saturated carbocycles. The van der Waals surface area contributed by atoms with Gasteiger partial charge in [0.2, 0.25) is 0 Å². The molecular formula is C23H24N2O4. The Bertz CT molecular complexity index is 899. The zero-order valence-corrected chi connectivity index (χ0v) is 16.8. The summed E-state index contributed by atoms with van der Waals surface area (Å²) in [4.78, 5) is 26.6. The van der Waals surface area contributed by atoms with Crippen molar-refractivity contribution in [1.82, 2.24) is 0 Å². The van der Waals surface area contributed by atoms with Crippen LogP contribution in [0.4, 0.5) is 5.69 Å². The van der Waals surface area contributed by atoms with Crippen LogP contribution in [0.5, 0.6) is 5.75 Å². The van der Waals surface area contributed by atoms with Crippen LogP contribution in [0.1, 0.15) is 26.3 Å². The molecule has 0 aromatic heterocycles. The van der Waals surface area contributed by atoms with E-state index in [0.29, 0.717) is 30.2 Å². The van der Waals surface area contributed by atoms with Crippen molar-refractivity contribution in [3.05, 3.63) is 65.7 Å². The van der Waals surface area contributed by atoms with Crippen molar-refractivity contribution in [2.24, 2.45) is 0 Å². The fourth-order valence-electron chi connectivity index (χ4n) is 2.70. The van der Waals surface area contributed by atoms with Gasteiger partial charge in [0.1, 0.15) is 17.4 Å². The molecule has 6 nitrogen and oxygen atoms in total. The summed E-state index contributed by atoms with van der Waals surface area (Å²) in [7, 11) is 0. The van der Waals surface area contributed by atoms with Gasteiger partial charge in [-0.25, -0.2) is 4.79 Å². The Morgan fingerprint density at radius 2 is 1.76 bits per heavy atom. The number of anilines is 1. The van der Waals surface area contributed by atoms with Crippen molar-refractivity contribution in [2.75, 3.05) is 18.1 Å². The molecule has 150 valence electrons. The van der Waals surface area contributed by atoms with Gasteiger partial charge in [0.05, 0.1) is 6.61 Å². The highest BCUT2D eigenvalue weighted by atomic mass is 16.5. The van der Waals surface area contributed by atoms with Crippen molar-refractivity contribution in [3.63, 3.8) is 0 Å². The van der Waals surface area contributed by atoms with E-state index in [1.165, 1.54) is 17.9 Å². The summed E-state index contributed by atoms with van der Waals surface area (Å²) in [5, 5.41) is 9.34. The van der Waals surface area contributed by atoms with Crippen molar-refractivity contribution in [1.29, 1.82) is 5.26 Å². The number of ether oxygens (including phenoxy) is 2. The fraction of sp³-hybridized carbons (Fsp3) is 0.261. The molecular weight excluding hydrogens is 368 g/mol. The van der Waals surface area contributed by atoms with Gasteiger partial charge in [0.15, 0.2) is 6.10 Å². The molecule has 0 saturated heterocycles. The lowest BCUT2D eigenvalue weighted by atomic mass is 10.1. The van der Waals surface area contributed by atoms with Crippen molar-refractivity contribution >= 4 is 23.6 Å². The second-order valence-corrected chi connectivity index (χ2v) is 6.14. The first kappa shape index (κ1) is 21.7. The maximum absolute atomic E-state index is 12.7. The van der Waals surface area contributed by atoms with Gasteiger partial charge >= 0.3 is 5.97 Å². The second-order valence-electron chi connectivity index (χ2n) is 6.14. The standard InChI is InChI=1S/C23H24N2O4/c1-4-25(20-9-7-6-8-10-20)22(26)17(3)29-23(27)19(16-24)15-18-11-13-21(14-12-18)28-5-2/h6-15,17H,4-5H2,1-3H3/b19-15+/t17-/m0/s1. The summed E-state index contributed by atoms with van der Waals surface area (Å²) < 4.78 is 10.6. The van der Waals surface area contributed by atoms with Gasteiger partial charge < -0.3 is 14.4 Å². The lowest BCUT2D eigenvalue weighted by Crippen LogP contribution is -2.40. The quantitative estimate of drug-likeness (QED) is 0.386. The van der Waals surface area contributed by atoms with Gasteiger partial charge in [0, 0.05) is 12.2 Å². The van der Waals surface area contributed by atoms with Crippen LogP contribution in [0.2, 0.25) is 0 Å². The molecule has 0 radical (unpaired) electrons. The molecule has 2 aromatic rings. The smallest absolute Gasteiger partial charge is 0.349 e. The summed E-state index contributed by atoms with van der Waals surface area (Å²) in [5.41, 5.74) is 1.19. The second kappa shape index (κ2) is 10.7. The molecule has 2 rings (SSSR count). The number of esters is 1. The number of likely N-dealkylation sites (N-methyl/N-ethyl adjacent to an activating group) is 1. The molecule has 1 amide bonds. The van der Waals surface area contributed by atoms with E-state index in [2.05, 4.69) is 0 Å². The fourth-order valence-corrected chi connectivity index (χ4v) is 2.70. The van der Waals surface area contributed by atoms with Crippen LogP contribution in [0.3, 0.4) is 0 Å². The molecule has 0 N–H and O–H groups in total. The average molecular weight is 392 g/mol. The third kappa shape index (κ3) is 5.94. The minimum Gasteiger partial charge on any atom is -0.494 e. The molecule has 29 heavy (non-hydrogen) atoms. The van der Waals surface area contributed by atoms with E-state index in [9.17, 15) is 14.9 Å². The Hall–Kier alpha value is -3.59. The third-order valence-electron chi connectivity index (χ3n) is 4.12. The molecule has 0 spiro atoms. The van der Waals surface area contributed by atoms with E-state index in [1.54, 1.807) is 24.3 Å². The van der Waals surface area contributed by atoms with Crippen LogP contribution in [0.15, 0.2) is 60.2 Å². The van der Waals surface area contributed by atoms with Gasteiger partial charge in [-0.1, -0.05) is 30.3 Å². The number of carbonyl (C=O) groups is 2. The Balaban J connectivity index is 2.09. The first-order valence-corrected chi connectivity index (χ1v) is 9.42. The molecule has 6 heteroatoms. The number of amides is 1. The van der Waals surface area contributed by atoms with E-state index in [1.807, 2.05) is 50.2 Å². The number of para-hydroxylation sites is 1. The van der Waals surface area contributed by atoms with Crippen LogP contribution in [-0.2, 0) is 14.3 Å². The summed E-state index contributed by atoms with van der Waals surface area (Å²) in [5.74, 6) is -0.498. The highest BCUT2D eigenvalue weighted by molar-refractivity contribution is 6.01. The molecule has 0 unspecified atom stereocenters. The van der Waals surface area contributed by atoms with Crippen LogP contribution in [0.25, 0.3) is 6.08 Å². The summed E-state index contributed by atoms with van der Waals surface area (Å²) in [6.45, 7) is 6.20. The number of nitrogens with zero attached hydrogens (tertiary/aromatic N) is 2. The van der Waals surface area contributed by atoms with Crippen LogP contribution >= 0.6 is 0 Å². The number of carbonyl (C=O) groups excluding carboxylic acids is 2. The van der Waals surface area contributed by atoms with Crippen molar-refractivity contribution in [3.8, 4) is 11.8 Å². The number of rotatable bonds is 8. The molecule has 0 fully saturated rings. The number of hydrogen-bond donors (Lipinski definition) is 0.